The van der Waals surface area contributed by atoms with Gasteiger partial charge in [0.05, 0.1) is 18.4 Å². The van der Waals surface area contributed by atoms with Gasteiger partial charge in [-0.2, -0.15) is 13.2 Å². The van der Waals surface area contributed by atoms with E-state index < -0.39 is 18.8 Å². The van der Waals surface area contributed by atoms with Crippen molar-refractivity contribution in [3.05, 3.63) is 23.8 Å². The van der Waals surface area contributed by atoms with Crippen LogP contribution in [0.1, 0.15) is 29.6 Å². The number of esters is 1. The number of nitrogens with two attached hydrogens (primary N) is 1. The van der Waals surface area contributed by atoms with E-state index in [1.807, 2.05) is 0 Å². The van der Waals surface area contributed by atoms with E-state index in [1.54, 1.807) is 0 Å². The number of benzene rings is 1. The third-order valence-electron chi connectivity index (χ3n) is 4.35. The standard InChI is InChI=1S/C17H21F3N2O4/c1-25-16(24)10-5-6-13(14(7-10)26-9-17(18,19)20)22-15(23)12-4-2-3-11(12)8-21/h5-7,11-12H,2-4,8-9,21H2,1H3,(H,22,23)/t11-,12-/m1/s1. The van der Waals surface area contributed by atoms with Gasteiger partial charge in [-0.15, -0.1) is 0 Å². The normalized spacial score (nSPS) is 19.9. The quantitative estimate of drug-likeness (QED) is 0.747. The summed E-state index contributed by atoms with van der Waals surface area (Å²) in [4.78, 5) is 24.1. The van der Waals surface area contributed by atoms with Crippen molar-refractivity contribution in [3.63, 3.8) is 0 Å². The lowest BCUT2D eigenvalue weighted by molar-refractivity contribution is -0.153. The van der Waals surface area contributed by atoms with E-state index in [2.05, 4.69) is 10.1 Å². The number of amides is 1. The molecule has 0 spiro atoms. The summed E-state index contributed by atoms with van der Waals surface area (Å²) >= 11 is 0. The number of rotatable bonds is 6. The largest absolute Gasteiger partial charge is 0.482 e. The molecule has 1 aromatic rings. The van der Waals surface area contributed by atoms with Crippen molar-refractivity contribution < 1.29 is 32.2 Å². The zero-order valence-corrected chi connectivity index (χ0v) is 14.3. The van der Waals surface area contributed by atoms with Gasteiger partial charge in [0.1, 0.15) is 5.75 Å². The summed E-state index contributed by atoms with van der Waals surface area (Å²) in [5, 5.41) is 2.60. The van der Waals surface area contributed by atoms with Gasteiger partial charge in [0.2, 0.25) is 5.91 Å². The number of alkyl halides is 3. The number of carbonyl (C=O) groups excluding carboxylic acids is 2. The lowest BCUT2D eigenvalue weighted by Gasteiger charge is -2.19. The lowest BCUT2D eigenvalue weighted by atomic mass is 9.95. The molecule has 1 aromatic carbocycles. The predicted molar refractivity (Wildman–Crippen MR) is 87.8 cm³/mol. The van der Waals surface area contributed by atoms with E-state index >= 15 is 0 Å². The number of methoxy groups -OCH3 is 1. The van der Waals surface area contributed by atoms with Crippen LogP contribution in [-0.4, -0.2) is 38.3 Å². The molecule has 2 rings (SSSR count). The van der Waals surface area contributed by atoms with Gasteiger partial charge in [-0.25, -0.2) is 4.79 Å². The number of carbonyl (C=O) groups is 2. The Kier molecular flexibility index (Phi) is 6.47. The number of ether oxygens (including phenoxy) is 2. The number of anilines is 1. The smallest absolute Gasteiger partial charge is 0.422 e. The van der Waals surface area contributed by atoms with Gasteiger partial charge in [0.15, 0.2) is 6.61 Å². The molecule has 2 atom stereocenters. The molecule has 1 fully saturated rings. The number of hydrogen-bond donors (Lipinski definition) is 2. The van der Waals surface area contributed by atoms with Crippen LogP contribution in [0.5, 0.6) is 5.75 Å². The summed E-state index contributed by atoms with van der Waals surface area (Å²) in [6, 6.07) is 3.78. The second-order valence-electron chi connectivity index (χ2n) is 6.13. The van der Waals surface area contributed by atoms with E-state index in [1.165, 1.54) is 12.1 Å². The summed E-state index contributed by atoms with van der Waals surface area (Å²) in [6.45, 7) is -1.17. The maximum absolute atomic E-state index is 12.5. The molecule has 0 heterocycles. The fourth-order valence-corrected chi connectivity index (χ4v) is 3.04. The van der Waals surface area contributed by atoms with Crippen LogP contribution in [-0.2, 0) is 9.53 Å². The minimum Gasteiger partial charge on any atom is -0.482 e. The zero-order chi connectivity index (χ0) is 19.3. The van der Waals surface area contributed by atoms with Gasteiger partial charge in [-0.3, -0.25) is 4.79 Å². The minimum absolute atomic E-state index is 0.0170. The monoisotopic (exact) mass is 374 g/mol. The average molecular weight is 374 g/mol. The van der Waals surface area contributed by atoms with E-state index in [0.29, 0.717) is 13.0 Å². The Hall–Kier alpha value is -2.29. The molecule has 1 aliphatic rings. The van der Waals surface area contributed by atoms with Crippen molar-refractivity contribution in [1.82, 2.24) is 0 Å². The first kappa shape index (κ1) is 20.0. The Morgan fingerprint density at radius 1 is 1.31 bits per heavy atom. The topological polar surface area (TPSA) is 90.7 Å². The van der Waals surface area contributed by atoms with Crippen LogP contribution in [0.25, 0.3) is 0 Å². The molecule has 1 saturated carbocycles. The van der Waals surface area contributed by atoms with E-state index in [9.17, 15) is 22.8 Å². The Labute approximate surface area is 148 Å². The van der Waals surface area contributed by atoms with Gasteiger partial charge in [0, 0.05) is 5.92 Å². The number of halogens is 3. The predicted octanol–water partition coefficient (Wildman–Crippen LogP) is 2.73. The second-order valence-corrected chi connectivity index (χ2v) is 6.13. The third-order valence-corrected chi connectivity index (χ3v) is 4.35. The SMILES string of the molecule is COC(=O)c1ccc(NC(=O)[C@@H]2CCC[C@@H]2CN)c(OCC(F)(F)F)c1. The molecule has 0 saturated heterocycles. The van der Waals surface area contributed by atoms with Gasteiger partial charge < -0.3 is 20.5 Å². The van der Waals surface area contributed by atoms with Crippen molar-refractivity contribution in [1.29, 1.82) is 0 Å². The molecule has 0 unspecified atom stereocenters. The van der Waals surface area contributed by atoms with Crippen molar-refractivity contribution in [3.8, 4) is 5.75 Å². The molecule has 3 N–H and O–H groups in total. The summed E-state index contributed by atoms with van der Waals surface area (Å²) in [7, 11) is 1.15. The average Bonchev–Trinajstić information content (AvgIpc) is 3.08. The lowest BCUT2D eigenvalue weighted by Crippen LogP contribution is -2.30. The molecular weight excluding hydrogens is 353 g/mol. The number of hydrogen-bond acceptors (Lipinski definition) is 5. The first-order valence-corrected chi connectivity index (χ1v) is 8.18. The van der Waals surface area contributed by atoms with Gasteiger partial charge >= 0.3 is 12.1 Å². The molecule has 9 heteroatoms. The third kappa shape index (κ3) is 5.10. The Morgan fingerprint density at radius 2 is 2.04 bits per heavy atom. The fourth-order valence-electron chi connectivity index (χ4n) is 3.04. The molecule has 6 nitrogen and oxygen atoms in total. The first-order valence-electron chi connectivity index (χ1n) is 8.18. The number of nitrogens with one attached hydrogen (secondary N) is 1. The van der Waals surface area contributed by atoms with Crippen molar-refractivity contribution in [2.24, 2.45) is 17.6 Å². The van der Waals surface area contributed by atoms with Crippen LogP contribution in [0, 0.1) is 11.8 Å². The Morgan fingerprint density at radius 3 is 2.65 bits per heavy atom. The summed E-state index contributed by atoms with van der Waals surface area (Å²) < 4.78 is 46.8. The van der Waals surface area contributed by atoms with Gasteiger partial charge in [-0.05, 0) is 43.5 Å². The second kappa shape index (κ2) is 8.39. The molecule has 1 aliphatic carbocycles. The maximum Gasteiger partial charge on any atom is 0.422 e. The highest BCUT2D eigenvalue weighted by molar-refractivity contribution is 5.96. The minimum atomic E-state index is -4.56. The molecule has 0 radical (unpaired) electrons. The Bertz CT molecular complexity index is 664. The van der Waals surface area contributed by atoms with Crippen LogP contribution < -0.4 is 15.8 Å². The van der Waals surface area contributed by atoms with Crippen molar-refractivity contribution >= 4 is 17.6 Å². The van der Waals surface area contributed by atoms with E-state index in [-0.39, 0.29) is 34.7 Å². The van der Waals surface area contributed by atoms with Gasteiger partial charge in [-0.1, -0.05) is 6.42 Å². The van der Waals surface area contributed by atoms with Crippen LogP contribution in [0.15, 0.2) is 18.2 Å². The summed E-state index contributed by atoms with van der Waals surface area (Å²) in [5.74, 6) is -1.54. The Balaban J connectivity index is 2.22. The highest BCUT2D eigenvalue weighted by Crippen LogP contribution is 2.34. The fraction of sp³-hybridized carbons (Fsp3) is 0.529. The van der Waals surface area contributed by atoms with Crippen LogP contribution in [0.2, 0.25) is 0 Å². The summed E-state index contributed by atoms with van der Waals surface area (Å²) in [6.07, 6.45) is -2.17. The van der Waals surface area contributed by atoms with E-state index in [4.69, 9.17) is 10.5 Å². The summed E-state index contributed by atoms with van der Waals surface area (Å²) in [5.41, 5.74) is 5.75. The van der Waals surface area contributed by atoms with Gasteiger partial charge in [0.25, 0.3) is 0 Å². The molecule has 0 aliphatic heterocycles. The van der Waals surface area contributed by atoms with Crippen LogP contribution in [0.4, 0.5) is 18.9 Å². The molecule has 0 aromatic heterocycles. The van der Waals surface area contributed by atoms with Crippen molar-refractivity contribution in [2.75, 3.05) is 25.6 Å². The van der Waals surface area contributed by atoms with Crippen molar-refractivity contribution in [2.45, 2.75) is 25.4 Å². The highest BCUT2D eigenvalue weighted by Gasteiger charge is 2.33. The maximum atomic E-state index is 12.5. The highest BCUT2D eigenvalue weighted by atomic mass is 19.4. The van der Waals surface area contributed by atoms with Crippen LogP contribution in [0.3, 0.4) is 0 Å². The first-order chi connectivity index (χ1) is 12.2. The molecule has 1 amide bonds. The molecule has 0 bridgehead atoms. The van der Waals surface area contributed by atoms with Crippen LogP contribution >= 0.6 is 0 Å². The molecular formula is C17H21F3N2O4. The molecule has 144 valence electrons. The zero-order valence-electron chi connectivity index (χ0n) is 14.3. The molecule has 26 heavy (non-hydrogen) atoms. The van der Waals surface area contributed by atoms with E-state index in [0.717, 1.165) is 26.0 Å².